The molecule has 1 unspecified atom stereocenters. The van der Waals surface area contributed by atoms with Gasteiger partial charge in [0.15, 0.2) is 0 Å². The molecule has 15 heavy (non-hydrogen) atoms. The summed E-state index contributed by atoms with van der Waals surface area (Å²) >= 11 is 6.05. The van der Waals surface area contributed by atoms with Gasteiger partial charge in [0.2, 0.25) is 0 Å². The van der Waals surface area contributed by atoms with Crippen molar-refractivity contribution in [2.75, 3.05) is 13.2 Å². The first-order valence-electron chi connectivity index (χ1n) is 5.11. The first kappa shape index (κ1) is 12.5. The lowest BCUT2D eigenvalue weighted by molar-refractivity contribution is 0.0537. The van der Waals surface area contributed by atoms with Crippen molar-refractivity contribution in [1.82, 2.24) is 9.78 Å². The zero-order chi connectivity index (χ0) is 11.4. The van der Waals surface area contributed by atoms with Crippen LogP contribution in [0.15, 0.2) is 0 Å². The van der Waals surface area contributed by atoms with Gasteiger partial charge in [-0.1, -0.05) is 11.6 Å². The SMILES string of the molecule is CCOC(CN)Cn1nc(C)c(Cl)c1C. The molecule has 0 bridgehead atoms. The average Bonchev–Trinajstić information content (AvgIpc) is 2.46. The molecule has 1 aromatic rings. The standard InChI is InChI=1S/C10H18ClN3O/c1-4-15-9(5-12)6-14-8(3)10(11)7(2)13-14/h9H,4-6,12H2,1-3H3. The van der Waals surface area contributed by atoms with Crippen molar-refractivity contribution in [3.63, 3.8) is 0 Å². The molecule has 1 aromatic heterocycles. The molecule has 0 amide bonds. The normalized spacial score (nSPS) is 13.1. The van der Waals surface area contributed by atoms with Crippen LogP contribution in [0.3, 0.4) is 0 Å². The van der Waals surface area contributed by atoms with Crippen LogP contribution in [-0.4, -0.2) is 29.0 Å². The summed E-state index contributed by atoms with van der Waals surface area (Å²) in [4.78, 5) is 0. The number of aromatic nitrogens is 2. The van der Waals surface area contributed by atoms with Gasteiger partial charge in [-0.05, 0) is 20.8 Å². The third-order valence-electron chi connectivity index (χ3n) is 2.34. The molecule has 1 atom stereocenters. The van der Waals surface area contributed by atoms with Gasteiger partial charge in [-0.25, -0.2) is 0 Å². The van der Waals surface area contributed by atoms with Gasteiger partial charge in [-0.2, -0.15) is 5.10 Å². The molecule has 5 heteroatoms. The summed E-state index contributed by atoms with van der Waals surface area (Å²) in [6, 6.07) is 0. The van der Waals surface area contributed by atoms with E-state index in [0.29, 0.717) is 19.7 Å². The maximum Gasteiger partial charge on any atom is 0.0892 e. The van der Waals surface area contributed by atoms with Crippen LogP contribution < -0.4 is 5.73 Å². The zero-order valence-electron chi connectivity index (χ0n) is 9.46. The number of ether oxygens (including phenoxy) is 1. The van der Waals surface area contributed by atoms with Crippen molar-refractivity contribution in [2.24, 2.45) is 5.73 Å². The minimum Gasteiger partial charge on any atom is -0.375 e. The first-order valence-corrected chi connectivity index (χ1v) is 5.49. The van der Waals surface area contributed by atoms with Gasteiger partial charge in [0.1, 0.15) is 0 Å². The van der Waals surface area contributed by atoms with Crippen molar-refractivity contribution < 1.29 is 4.74 Å². The lowest BCUT2D eigenvalue weighted by Crippen LogP contribution is -2.29. The van der Waals surface area contributed by atoms with Gasteiger partial charge in [0.25, 0.3) is 0 Å². The number of nitrogens with zero attached hydrogens (tertiary/aromatic N) is 2. The van der Waals surface area contributed by atoms with E-state index < -0.39 is 0 Å². The van der Waals surface area contributed by atoms with E-state index in [1.54, 1.807) is 0 Å². The number of halogens is 1. The van der Waals surface area contributed by atoms with E-state index in [1.807, 2.05) is 25.5 Å². The molecule has 0 aliphatic carbocycles. The van der Waals surface area contributed by atoms with Crippen LogP contribution in [0.2, 0.25) is 5.02 Å². The maximum absolute atomic E-state index is 6.05. The van der Waals surface area contributed by atoms with Crippen molar-refractivity contribution in [3.05, 3.63) is 16.4 Å². The highest BCUT2D eigenvalue weighted by Gasteiger charge is 2.13. The first-order chi connectivity index (χ1) is 7.10. The Morgan fingerprint density at radius 3 is 2.60 bits per heavy atom. The number of nitrogens with two attached hydrogens (primary N) is 1. The van der Waals surface area contributed by atoms with E-state index in [2.05, 4.69) is 5.10 Å². The summed E-state index contributed by atoms with van der Waals surface area (Å²) in [5.41, 5.74) is 7.42. The Morgan fingerprint density at radius 2 is 2.20 bits per heavy atom. The monoisotopic (exact) mass is 231 g/mol. The van der Waals surface area contributed by atoms with Crippen LogP contribution >= 0.6 is 11.6 Å². The molecule has 1 rings (SSSR count). The fraction of sp³-hybridized carbons (Fsp3) is 0.700. The molecular formula is C10H18ClN3O. The van der Waals surface area contributed by atoms with Gasteiger partial charge in [-0.3, -0.25) is 4.68 Å². The molecule has 0 fully saturated rings. The van der Waals surface area contributed by atoms with Gasteiger partial charge in [0, 0.05) is 13.2 Å². The van der Waals surface area contributed by atoms with Crippen LogP contribution in [0.1, 0.15) is 18.3 Å². The Morgan fingerprint density at radius 1 is 1.53 bits per heavy atom. The predicted octanol–water partition coefficient (Wildman–Crippen LogP) is 1.52. The molecule has 86 valence electrons. The Bertz CT molecular complexity index is 325. The number of hydrogen-bond acceptors (Lipinski definition) is 3. The van der Waals surface area contributed by atoms with E-state index in [0.717, 1.165) is 16.4 Å². The fourth-order valence-electron chi connectivity index (χ4n) is 1.48. The molecule has 0 spiro atoms. The summed E-state index contributed by atoms with van der Waals surface area (Å²) in [6.07, 6.45) is 0.00377. The molecule has 2 N–H and O–H groups in total. The molecular weight excluding hydrogens is 214 g/mol. The highest BCUT2D eigenvalue weighted by atomic mass is 35.5. The van der Waals surface area contributed by atoms with Crippen molar-refractivity contribution in [2.45, 2.75) is 33.4 Å². The van der Waals surface area contributed by atoms with E-state index in [1.165, 1.54) is 0 Å². The second-order valence-corrected chi connectivity index (χ2v) is 3.86. The summed E-state index contributed by atoms with van der Waals surface area (Å²) in [6.45, 7) is 7.60. The number of rotatable bonds is 5. The molecule has 1 heterocycles. The second kappa shape index (κ2) is 5.49. The zero-order valence-corrected chi connectivity index (χ0v) is 10.2. The van der Waals surface area contributed by atoms with Crippen LogP contribution in [0.5, 0.6) is 0 Å². The Labute approximate surface area is 95.3 Å². The van der Waals surface area contributed by atoms with E-state index >= 15 is 0 Å². The Hall–Kier alpha value is -0.580. The Kier molecular flexibility index (Phi) is 4.57. The smallest absolute Gasteiger partial charge is 0.0892 e. The van der Waals surface area contributed by atoms with E-state index in [9.17, 15) is 0 Å². The van der Waals surface area contributed by atoms with Gasteiger partial charge < -0.3 is 10.5 Å². The summed E-state index contributed by atoms with van der Waals surface area (Å²) in [7, 11) is 0. The third kappa shape index (κ3) is 2.93. The fourth-order valence-corrected chi connectivity index (χ4v) is 1.61. The van der Waals surface area contributed by atoms with Crippen molar-refractivity contribution >= 4 is 11.6 Å². The van der Waals surface area contributed by atoms with Crippen molar-refractivity contribution in [1.29, 1.82) is 0 Å². The van der Waals surface area contributed by atoms with E-state index in [4.69, 9.17) is 22.1 Å². The minimum absolute atomic E-state index is 0.00377. The largest absolute Gasteiger partial charge is 0.375 e. The van der Waals surface area contributed by atoms with Crippen LogP contribution in [0.4, 0.5) is 0 Å². The van der Waals surface area contributed by atoms with Crippen LogP contribution in [-0.2, 0) is 11.3 Å². The molecule has 0 radical (unpaired) electrons. The second-order valence-electron chi connectivity index (χ2n) is 3.48. The number of hydrogen-bond donors (Lipinski definition) is 1. The average molecular weight is 232 g/mol. The quantitative estimate of drug-likeness (QED) is 0.836. The summed E-state index contributed by atoms with van der Waals surface area (Å²) in [5.74, 6) is 0. The summed E-state index contributed by atoms with van der Waals surface area (Å²) in [5, 5.41) is 5.05. The van der Waals surface area contributed by atoms with Crippen LogP contribution in [0, 0.1) is 13.8 Å². The van der Waals surface area contributed by atoms with E-state index in [-0.39, 0.29) is 6.10 Å². The summed E-state index contributed by atoms with van der Waals surface area (Å²) < 4.78 is 7.32. The number of aryl methyl sites for hydroxylation is 1. The molecule has 4 nitrogen and oxygen atoms in total. The molecule has 0 aliphatic heterocycles. The molecule has 0 aromatic carbocycles. The van der Waals surface area contributed by atoms with Crippen LogP contribution in [0.25, 0.3) is 0 Å². The highest BCUT2D eigenvalue weighted by molar-refractivity contribution is 6.31. The highest BCUT2D eigenvalue weighted by Crippen LogP contribution is 2.19. The lowest BCUT2D eigenvalue weighted by atomic mass is 10.3. The lowest BCUT2D eigenvalue weighted by Gasteiger charge is -2.15. The van der Waals surface area contributed by atoms with Gasteiger partial charge >= 0.3 is 0 Å². The topological polar surface area (TPSA) is 53.1 Å². The maximum atomic E-state index is 6.05. The molecule has 0 aliphatic rings. The predicted molar refractivity (Wildman–Crippen MR) is 61.2 cm³/mol. The van der Waals surface area contributed by atoms with Gasteiger partial charge in [0.05, 0.1) is 29.1 Å². The molecule has 0 saturated carbocycles. The third-order valence-corrected chi connectivity index (χ3v) is 2.88. The van der Waals surface area contributed by atoms with Crippen molar-refractivity contribution in [3.8, 4) is 0 Å². The van der Waals surface area contributed by atoms with Gasteiger partial charge in [-0.15, -0.1) is 0 Å². The minimum atomic E-state index is 0.00377. The Balaban J connectivity index is 2.74. The molecule has 0 saturated heterocycles.